The molecule has 0 radical (unpaired) electrons. The van der Waals surface area contributed by atoms with Crippen LogP contribution in [0.15, 0.2) is 48.5 Å². The topological polar surface area (TPSA) is 23.6 Å². The highest BCUT2D eigenvalue weighted by molar-refractivity contribution is 7.99. The van der Waals surface area contributed by atoms with Crippen LogP contribution >= 0.6 is 35.0 Å². The molecule has 1 heterocycles. The van der Waals surface area contributed by atoms with Crippen LogP contribution in [-0.4, -0.2) is 42.7 Å². The molecule has 1 aliphatic rings. The third kappa shape index (κ3) is 5.06. The van der Waals surface area contributed by atoms with Crippen LogP contribution in [0.5, 0.6) is 0 Å². The molecule has 2 aromatic carbocycles. The maximum atomic E-state index is 12.4. The van der Waals surface area contributed by atoms with Crippen molar-refractivity contribution in [2.75, 3.05) is 36.8 Å². The fraction of sp³-hybridized carbons (Fsp3) is 0.316. The smallest absolute Gasteiger partial charge is 0.232 e. The standard InChI is InChI=1S/C19H20Cl2N2OS/c20-16-7-6-15(18(21)12-16)13-25-14-19(24)23-10-8-22(9-11-23)17-4-2-1-3-5-17/h1-7,12H,8-11,13-14H2. The van der Waals surface area contributed by atoms with Crippen molar-refractivity contribution < 1.29 is 4.79 Å². The van der Waals surface area contributed by atoms with E-state index < -0.39 is 0 Å². The molecular formula is C19H20Cl2N2OS. The predicted octanol–water partition coefficient (Wildman–Crippen LogP) is 4.58. The second kappa shape index (κ2) is 8.84. The molecule has 0 saturated carbocycles. The van der Waals surface area contributed by atoms with Crippen LogP contribution in [0, 0.1) is 0 Å². The predicted molar refractivity (Wildman–Crippen MR) is 108 cm³/mol. The second-order valence-electron chi connectivity index (χ2n) is 5.93. The fourth-order valence-corrected chi connectivity index (χ4v) is 4.32. The normalized spacial score (nSPS) is 14.6. The average molecular weight is 395 g/mol. The first-order valence-electron chi connectivity index (χ1n) is 8.23. The maximum Gasteiger partial charge on any atom is 0.232 e. The highest BCUT2D eigenvalue weighted by atomic mass is 35.5. The summed E-state index contributed by atoms with van der Waals surface area (Å²) in [5.74, 6) is 1.39. The zero-order chi connectivity index (χ0) is 17.6. The molecule has 25 heavy (non-hydrogen) atoms. The number of carbonyl (C=O) groups excluding carboxylic acids is 1. The SMILES string of the molecule is O=C(CSCc1ccc(Cl)cc1Cl)N1CCN(c2ccccc2)CC1. The lowest BCUT2D eigenvalue weighted by atomic mass is 10.2. The minimum Gasteiger partial charge on any atom is -0.368 e. The maximum absolute atomic E-state index is 12.4. The summed E-state index contributed by atoms with van der Waals surface area (Å²) in [5, 5.41) is 1.29. The van der Waals surface area contributed by atoms with E-state index in [0.717, 1.165) is 31.7 Å². The van der Waals surface area contributed by atoms with Gasteiger partial charge in [-0.3, -0.25) is 4.79 Å². The number of halogens is 2. The Hall–Kier alpha value is -1.36. The summed E-state index contributed by atoms with van der Waals surface area (Å²) in [6.07, 6.45) is 0. The van der Waals surface area contributed by atoms with Crippen molar-refractivity contribution in [2.45, 2.75) is 5.75 Å². The largest absolute Gasteiger partial charge is 0.368 e. The molecule has 1 aliphatic heterocycles. The van der Waals surface area contributed by atoms with Gasteiger partial charge in [-0.2, -0.15) is 0 Å². The molecule has 6 heteroatoms. The molecule has 0 bridgehead atoms. The number of thioether (sulfide) groups is 1. The number of hydrogen-bond acceptors (Lipinski definition) is 3. The van der Waals surface area contributed by atoms with Crippen molar-refractivity contribution >= 4 is 46.6 Å². The zero-order valence-electron chi connectivity index (χ0n) is 13.8. The highest BCUT2D eigenvalue weighted by Crippen LogP contribution is 2.25. The van der Waals surface area contributed by atoms with Gasteiger partial charge < -0.3 is 9.80 Å². The minimum absolute atomic E-state index is 0.197. The summed E-state index contributed by atoms with van der Waals surface area (Å²) < 4.78 is 0. The van der Waals surface area contributed by atoms with Crippen LogP contribution in [0.3, 0.4) is 0 Å². The summed E-state index contributed by atoms with van der Waals surface area (Å²) in [6.45, 7) is 3.30. The zero-order valence-corrected chi connectivity index (χ0v) is 16.2. The van der Waals surface area contributed by atoms with E-state index in [1.807, 2.05) is 35.2 Å². The van der Waals surface area contributed by atoms with Gasteiger partial charge >= 0.3 is 0 Å². The van der Waals surface area contributed by atoms with Crippen LogP contribution in [-0.2, 0) is 10.5 Å². The van der Waals surface area contributed by atoms with E-state index >= 15 is 0 Å². The molecule has 3 rings (SSSR count). The van der Waals surface area contributed by atoms with E-state index in [1.165, 1.54) is 5.69 Å². The third-order valence-corrected chi connectivity index (χ3v) is 5.81. The number of para-hydroxylation sites is 1. The first-order valence-corrected chi connectivity index (χ1v) is 10.1. The van der Waals surface area contributed by atoms with E-state index in [-0.39, 0.29) is 5.91 Å². The van der Waals surface area contributed by atoms with E-state index in [0.29, 0.717) is 21.6 Å². The quantitative estimate of drug-likeness (QED) is 0.741. The summed E-state index contributed by atoms with van der Waals surface area (Å²) in [6, 6.07) is 15.8. The number of benzene rings is 2. The summed E-state index contributed by atoms with van der Waals surface area (Å²) >= 11 is 13.7. The Morgan fingerprint density at radius 1 is 1.00 bits per heavy atom. The van der Waals surface area contributed by atoms with E-state index in [9.17, 15) is 4.79 Å². The number of nitrogens with zero attached hydrogens (tertiary/aromatic N) is 2. The molecule has 0 unspecified atom stereocenters. The van der Waals surface area contributed by atoms with E-state index in [1.54, 1.807) is 17.8 Å². The number of piperazine rings is 1. The Morgan fingerprint density at radius 2 is 1.72 bits per heavy atom. The molecule has 3 nitrogen and oxygen atoms in total. The molecule has 1 amide bonds. The molecule has 0 N–H and O–H groups in total. The summed E-state index contributed by atoms with van der Waals surface area (Å²) in [5.41, 5.74) is 2.24. The van der Waals surface area contributed by atoms with Gasteiger partial charge in [-0.15, -0.1) is 11.8 Å². The first kappa shape index (κ1) is 18.4. The van der Waals surface area contributed by atoms with Gasteiger partial charge in [0.25, 0.3) is 0 Å². The fourth-order valence-electron chi connectivity index (χ4n) is 2.83. The Labute approximate surface area is 162 Å². The molecule has 0 atom stereocenters. The van der Waals surface area contributed by atoms with Gasteiger partial charge in [-0.25, -0.2) is 0 Å². The van der Waals surface area contributed by atoms with Gasteiger partial charge in [0.05, 0.1) is 5.75 Å². The summed E-state index contributed by atoms with van der Waals surface area (Å²) in [4.78, 5) is 16.7. The summed E-state index contributed by atoms with van der Waals surface area (Å²) in [7, 11) is 0. The number of hydrogen-bond donors (Lipinski definition) is 0. The Morgan fingerprint density at radius 3 is 2.40 bits per heavy atom. The number of amides is 1. The first-order chi connectivity index (χ1) is 12.1. The molecule has 2 aromatic rings. The van der Waals surface area contributed by atoms with Crippen molar-refractivity contribution in [3.05, 3.63) is 64.1 Å². The van der Waals surface area contributed by atoms with Gasteiger partial charge in [-0.05, 0) is 29.8 Å². The molecular weight excluding hydrogens is 375 g/mol. The van der Waals surface area contributed by atoms with Crippen LogP contribution < -0.4 is 4.90 Å². The lowest BCUT2D eigenvalue weighted by molar-refractivity contribution is -0.128. The van der Waals surface area contributed by atoms with Crippen molar-refractivity contribution in [1.82, 2.24) is 4.90 Å². The van der Waals surface area contributed by atoms with Crippen molar-refractivity contribution in [3.63, 3.8) is 0 Å². The van der Waals surface area contributed by atoms with Gasteiger partial charge in [-0.1, -0.05) is 47.5 Å². The average Bonchev–Trinajstić information content (AvgIpc) is 2.64. The van der Waals surface area contributed by atoms with Crippen LogP contribution in [0.4, 0.5) is 5.69 Å². The Bertz CT molecular complexity index is 719. The molecule has 0 aliphatic carbocycles. The number of rotatable bonds is 5. The lowest BCUT2D eigenvalue weighted by Gasteiger charge is -2.36. The molecule has 1 fully saturated rings. The van der Waals surface area contributed by atoms with E-state index in [4.69, 9.17) is 23.2 Å². The molecule has 132 valence electrons. The van der Waals surface area contributed by atoms with Gasteiger partial charge in [0.1, 0.15) is 0 Å². The lowest BCUT2D eigenvalue weighted by Crippen LogP contribution is -2.49. The number of anilines is 1. The second-order valence-corrected chi connectivity index (χ2v) is 7.76. The Balaban J connectivity index is 1.43. The highest BCUT2D eigenvalue weighted by Gasteiger charge is 2.21. The van der Waals surface area contributed by atoms with Crippen molar-refractivity contribution in [1.29, 1.82) is 0 Å². The van der Waals surface area contributed by atoms with Gasteiger partial charge in [0.2, 0.25) is 5.91 Å². The van der Waals surface area contributed by atoms with Crippen molar-refractivity contribution in [3.8, 4) is 0 Å². The van der Waals surface area contributed by atoms with Crippen LogP contribution in [0.2, 0.25) is 10.0 Å². The Kier molecular flexibility index (Phi) is 6.51. The van der Waals surface area contributed by atoms with Gasteiger partial charge in [0, 0.05) is 47.7 Å². The molecule has 0 aromatic heterocycles. The van der Waals surface area contributed by atoms with Crippen LogP contribution in [0.25, 0.3) is 0 Å². The monoisotopic (exact) mass is 394 g/mol. The third-order valence-electron chi connectivity index (χ3n) is 4.25. The molecule has 0 spiro atoms. The van der Waals surface area contributed by atoms with Crippen molar-refractivity contribution in [2.24, 2.45) is 0 Å². The number of carbonyl (C=O) groups is 1. The van der Waals surface area contributed by atoms with E-state index in [2.05, 4.69) is 17.0 Å². The molecule has 1 saturated heterocycles. The minimum atomic E-state index is 0.197. The van der Waals surface area contributed by atoms with Crippen LogP contribution in [0.1, 0.15) is 5.56 Å². The van der Waals surface area contributed by atoms with Gasteiger partial charge in [0.15, 0.2) is 0 Å².